The van der Waals surface area contributed by atoms with Crippen molar-refractivity contribution in [2.75, 3.05) is 0 Å². The van der Waals surface area contributed by atoms with Gasteiger partial charge in [-0.05, 0) is 0 Å². The van der Waals surface area contributed by atoms with Gasteiger partial charge in [-0.1, -0.05) is 0 Å². The Bertz CT molecular complexity index is 1040. The number of hydrogen-bond donors (Lipinski definition) is 0. The first-order valence-electron chi connectivity index (χ1n) is 8.83. The summed E-state index contributed by atoms with van der Waals surface area (Å²) in [5.74, 6) is 0. The van der Waals surface area contributed by atoms with Crippen molar-refractivity contribution in [2.45, 2.75) is 27.7 Å². The van der Waals surface area contributed by atoms with Gasteiger partial charge in [0.25, 0.3) is 0 Å². The van der Waals surface area contributed by atoms with Crippen LogP contribution in [-0.2, 0) is 16.0 Å². The second-order valence-electron chi connectivity index (χ2n) is 6.48. The van der Waals surface area contributed by atoms with E-state index in [4.69, 9.17) is 15.0 Å². The molecule has 1 aromatic heterocycles. The summed E-state index contributed by atoms with van der Waals surface area (Å²) in [6.45, 7) is 8.07. The van der Waals surface area contributed by atoms with Gasteiger partial charge in [0.2, 0.25) is 0 Å². The van der Waals surface area contributed by atoms with Gasteiger partial charge in [0.1, 0.15) is 0 Å². The van der Waals surface area contributed by atoms with Gasteiger partial charge < -0.3 is 12.4 Å². The molecule has 28 heavy (non-hydrogen) atoms. The Hall–Kier alpha value is -2.26. The normalized spacial score (nSPS) is 11.9. The van der Waals surface area contributed by atoms with Gasteiger partial charge >= 0.3 is 169 Å². The van der Waals surface area contributed by atoms with E-state index in [9.17, 15) is 0 Å². The topological polar surface area (TPSA) is 37.6 Å². The molecule has 3 aromatic rings. The smallest absolute Gasteiger partial charge is 1.00 e. The summed E-state index contributed by atoms with van der Waals surface area (Å²) >= 11 is 4.12. The molecule has 1 heterocycles. The van der Waals surface area contributed by atoms with E-state index in [2.05, 4.69) is 42.0 Å². The Morgan fingerprint density at radius 1 is 0.750 bits per heavy atom. The number of rotatable bonds is 4. The molecule has 0 unspecified atom stereocenters. The van der Waals surface area contributed by atoms with Gasteiger partial charge in [0.15, 0.2) is 0 Å². The molecule has 0 aliphatic heterocycles. The van der Waals surface area contributed by atoms with Gasteiger partial charge in [-0.25, -0.2) is 0 Å². The van der Waals surface area contributed by atoms with Crippen LogP contribution in [-0.4, -0.2) is 16.4 Å². The van der Waals surface area contributed by atoms with Crippen LogP contribution in [0.1, 0.15) is 36.4 Å². The molecule has 0 atom stereocenters. The Morgan fingerprint density at radius 3 is 1.79 bits per heavy atom. The van der Waals surface area contributed by atoms with E-state index in [1.807, 2.05) is 62.4 Å². The summed E-state index contributed by atoms with van der Waals surface area (Å²) in [4.78, 5) is 14.3. The zero-order valence-electron chi connectivity index (χ0n) is 16.3. The fourth-order valence-corrected chi connectivity index (χ4v) is 3.09. The summed E-state index contributed by atoms with van der Waals surface area (Å²) in [5.41, 5.74) is 7.54. The zero-order chi connectivity index (χ0) is 19.4. The van der Waals surface area contributed by atoms with Crippen LogP contribution in [0.4, 0.5) is 11.4 Å². The molecule has 144 valence electrons. The minimum atomic E-state index is 0. The van der Waals surface area contributed by atoms with E-state index < -0.39 is 0 Å². The predicted octanol–water partition coefficient (Wildman–Crippen LogP) is 2.16. The van der Waals surface area contributed by atoms with Crippen molar-refractivity contribution >= 4 is 27.3 Å². The third-order valence-electron chi connectivity index (χ3n) is 4.36. The molecule has 3 nitrogen and oxygen atoms in total. The van der Waals surface area contributed by atoms with Crippen molar-refractivity contribution in [1.82, 2.24) is 4.98 Å². The molecule has 0 amide bonds. The van der Waals surface area contributed by atoms with E-state index in [0.717, 1.165) is 49.8 Å². The van der Waals surface area contributed by atoms with E-state index in [0.29, 0.717) is 0 Å². The molecular formula is C23H22ClFeN3. The number of aryl methyl sites for hydroxylation is 2. The number of halogens is 1. The van der Waals surface area contributed by atoms with Crippen molar-refractivity contribution in [2.24, 2.45) is 9.98 Å². The average molecular weight is 432 g/mol. The average Bonchev–Trinajstić information content (AvgIpc) is 2.65. The van der Waals surface area contributed by atoms with Crippen LogP contribution in [0.5, 0.6) is 0 Å². The minimum Gasteiger partial charge on any atom is -1.00 e. The maximum absolute atomic E-state index is 4.80. The number of hydrogen-bond acceptors (Lipinski definition) is 3. The molecule has 0 aliphatic rings. The third-order valence-corrected chi connectivity index (χ3v) is 4.80. The largest absolute Gasteiger partial charge is 1.00 e. The first-order valence-corrected chi connectivity index (χ1v) is 9.39. The van der Waals surface area contributed by atoms with Crippen molar-refractivity contribution in [3.05, 3.63) is 83.2 Å². The Labute approximate surface area is 181 Å². The van der Waals surface area contributed by atoms with Crippen molar-refractivity contribution < 1.29 is 28.4 Å². The number of pyridine rings is 1. The minimum absolute atomic E-state index is 0. The van der Waals surface area contributed by atoms with Gasteiger partial charge in [0, 0.05) is 0 Å². The molecule has 5 heteroatoms. The molecule has 0 N–H and O–H groups in total. The number of para-hydroxylation sites is 2. The summed E-state index contributed by atoms with van der Waals surface area (Å²) in [7, 11) is 0. The monoisotopic (exact) mass is 431 g/mol. The Kier molecular flexibility index (Phi) is 7.70. The number of aromatic nitrogens is 1. The molecule has 2 aromatic carbocycles. The van der Waals surface area contributed by atoms with Crippen LogP contribution in [0.3, 0.4) is 0 Å². The molecule has 0 radical (unpaired) electrons. The van der Waals surface area contributed by atoms with Gasteiger partial charge in [-0.3, -0.25) is 0 Å². The Balaban J connectivity index is 0.00000280. The molecule has 0 fully saturated rings. The predicted molar refractivity (Wildman–Crippen MR) is 110 cm³/mol. The van der Waals surface area contributed by atoms with Gasteiger partial charge in [-0.15, -0.1) is 0 Å². The summed E-state index contributed by atoms with van der Waals surface area (Å²) in [5, 5.41) is 0. The van der Waals surface area contributed by atoms with E-state index in [1.165, 1.54) is 0 Å². The maximum Gasteiger partial charge on any atom is -1.00 e. The SMILES string of the molecule is CC(=Nc1ccccc1C)c1cc[c]([Fe+])c(C(C)=Nc2ccccc2C)n1.[Cl-]. The van der Waals surface area contributed by atoms with Crippen LogP contribution in [0.2, 0.25) is 0 Å². The van der Waals surface area contributed by atoms with E-state index in [1.54, 1.807) is 0 Å². The van der Waals surface area contributed by atoms with Crippen LogP contribution < -0.4 is 16.9 Å². The van der Waals surface area contributed by atoms with Crippen molar-refractivity contribution in [1.29, 1.82) is 0 Å². The summed E-state index contributed by atoms with van der Waals surface area (Å²) in [6, 6.07) is 20.1. The standard InChI is InChI=1S/C23H22N3.ClH.Fe/c1-16-10-5-7-12-20(16)24-18(3)22-14-9-15-23(26-22)19(4)25-21-13-8-6-11-17(21)2;;/h5-14H,1-4H3;1H;/q;;+1/p-1. The second-order valence-corrected chi connectivity index (χ2v) is 7.08. The third kappa shape index (κ3) is 5.17. The molecule has 0 saturated carbocycles. The molecular weight excluding hydrogens is 410 g/mol. The summed E-state index contributed by atoms with van der Waals surface area (Å²) in [6.07, 6.45) is 0. The molecule has 0 bridgehead atoms. The molecule has 0 saturated heterocycles. The number of nitrogens with zero attached hydrogens (tertiary/aromatic N) is 3. The second kappa shape index (κ2) is 9.79. The fraction of sp³-hybridized carbons (Fsp3) is 0.174. The molecule has 3 rings (SSSR count). The van der Waals surface area contributed by atoms with E-state index in [-0.39, 0.29) is 12.4 Å². The van der Waals surface area contributed by atoms with Crippen LogP contribution in [0.15, 0.2) is 70.6 Å². The maximum atomic E-state index is 4.80. The van der Waals surface area contributed by atoms with Crippen LogP contribution in [0.25, 0.3) is 0 Å². The number of aliphatic imine (C=N–C) groups is 2. The number of benzene rings is 2. The van der Waals surface area contributed by atoms with Crippen molar-refractivity contribution in [3.63, 3.8) is 0 Å². The van der Waals surface area contributed by atoms with E-state index >= 15 is 0 Å². The van der Waals surface area contributed by atoms with Gasteiger partial charge in [0.05, 0.1) is 0 Å². The van der Waals surface area contributed by atoms with Crippen molar-refractivity contribution in [3.8, 4) is 0 Å². The van der Waals surface area contributed by atoms with Gasteiger partial charge in [-0.2, -0.15) is 0 Å². The first-order chi connectivity index (χ1) is 13.0. The first kappa shape index (κ1) is 22.0. The molecule has 0 spiro atoms. The fourth-order valence-electron chi connectivity index (χ4n) is 2.74. The quantitative estimate of drug-likeness (QED) is 0.461. The van der Waals surface area contributed by atoms with Crippen LogP contribution >= 0.6 is 0 Å². The Morgan fingerprint density at radius 2 is 1.25 bits per heavy atom. The summed E-state index contributed by atoms with van der Waals surface area (Å²) < 4.78 is 0.859. The molecule has 0 aliphatic carbocycles. The van der Waals surface area contributed by atoms with Crippen LogP contribution in [0, 0.1) is 13.8 Å². The zero-order valence-corrected chi connectivity index (χ0v) is 18.2.